The van der Waals surface area contributed by atoms with Gasteiger partial charge in [0, 0.05) is 24.7 Å². The number of pyridine rings is 1. The van der Waals surface area contributed by atoms with Crippen molar-refractivity contribution in [3.8, 4) is 23.1 Å². The first kappa shape index (κ1) is 23.7. The average Bonchev–Trinajstić information content (AvgIpc) is 2.79. The molecular weight excluding hydrogens is 410 g/mol. The highest BCUT2D eigenvalue weighted by Crippen LogP contribution is 2.39. The zero-order chi connectivity index (χ0) is 22.9. The third kappa shape index (κ3) is 6.26. The quantitative estimate of drug-likeness (QED) is 0.594. The summed E-state index contributed by atoms with van der Waals surface area (Å²) in [5.41, 5.74) is 0.988. The molecule has 2 aromatic rings. The molecule has 8 heteroatoms. The summed E-state index contributed by atoms with van der Waals surface area (Å²) in [4.78, 5) is 19.5. The molecule has 1 amide bonds. The van der Waals surface area contributed by atoms with Crippen molar-refractivity contribution in [2.75, 3.05) is 45.3 Å². The van der Waals surface area contributed by atoms with Crippen molar-refractivity contribution < 1.29 is 23.7 Å². The molecule has 0 radical (unpaired) electrons. The van der Waals surface area contributed by atoms with Crippen LogP contribution in [0.1, 0.15) is 44.0 Å². The number of hydrogen-bond acceptors (Lipinski definition) is 7. The summed E-state index contributed by atoms with van der Waals surface area (Å²) in [5, 5.41) is 2.87. The van der Waals surface area contributed by atoms with Gasteiger partial charge in [0.15, 0.2) is 11.5 Å². The molecule has 174 valence electrons. The number of nitrogens with zero attached hydrogens (tertiary/aromatic N) is 2. The number of ether oxygens (including phenoxy) is 4. The lowest BCUT2D eigenvalue weighted by atomic mass is 10.1. The van der Waals surface area contributed by atoms with E-state index in [1.165, 1.54) is 0 Å². The smallest absolute Gasteiger partial charge is 0.255 e. The lowest BCUT2D eigenvalue weighted by Crippen LogP contribution is -2.35. The van der Waals surface area contributed by atoms with Crippen molar-refractivity contribution in [2.24, 2.45) is 0 Å². The number of amides is 1. The summed E-state index contributed by atoms with van der Waals surface area (Å²) < 4.78 is 23.1. The van der Waals surface area contributed by atoms with E-state index in [0.29, 0.717) is 54.2 Å². The first-order valence-electron chi connectivity index (χ1n) is 11.2. The number of benzene rings is 1. The summed E-state index contributed by atoms with van der Waals surface area (Å²) in [6.45, 7) is 9.04. The third-order valence-corrected chi connectivity index (χ3v) is 5.12. The van der Waals surface area contributed by atoms with Crippen LogP contribution in [0.15, 0.2) is 30.5 Å². The van der Waals surface area contributed by atoms with Crippen LogP contribution in [-0.2, 0) is 0 Å². The molecule has 32 heavy (non-hydrogen) atoms. The molecule has 0 unspecified atom stereocenters. The minimum Gasteiger partial charge on any atom is -0.490 e. The summed E-state index contributed by atoms with van der Waals surface area (Å²) in [6, 6.07) is 6.90. The van der Waals surface area contributed by atoms with E-state index in [1.54, 1.807) is 30.5 Å². The van der Waals surface area contributed by atoms with Crippen molar-refractivity contribution in [1.82, 2.24) is 9.88 Å². The molecule has 1 aromatic carbocycles. The van der Waals surface area contributed by atoms with E-state index in [-0.39, 0.29) is 12.0 Å². The Bertz CT molecular complexity index is 853. The fraction of sp³-hybridized carbons (Fsp3) is 0.500. The van der Waals surface area contributed by atoms with Crippen molar-refractivity contribution in [3.05, 3.63) is 36.0 Å². The Hall–Kier alpha value is -3.00. The van der Waals surface area contributed by atoms with E-state index in [4.69, 9.17) is 18.9 Å². The topological polar surface area (TPSA) is 82.2 Å². The van der Waals surface area contributed by atoms with Gasteiger partial charge in [0.2, 0.25) is 11.6 Å². The summed E-state index contributed by atoms with van der Waals surface area (Å²) >= 11 is 0. The van der Waals surface area contributed by atoms with Gasteiger partial charge in [0.25, 0.3) is 5.91 Å². The van der Waals surface area contributed by atoms with Crippen LogP contribution in [0, 0.1) is 0 Å². The molecule has 1 fully saturated rings. The van der Waals surface area contributed by atoms with Crippen molar-refractivity contribution in [1.29, 1.82) is 0 Å². The van der Waals surface area contributed by atoms with Crippen LogP contribution in [0.2, 0.25) is 0 Å². The maximum Gasteiger partial charge on any atom is 0.255 e. The molecular formula is C24H33N3O5. The monoisotopic (exact) mass is 443 g/mol. The number of carbonyl (C=O) groups excluding carboxylic acids is 1. The first-order valence-corrected chi connectivity index (χ1v) is 11.2. The van der Waals surface area contributed by atoms with Gasteiger partial charge in [-0.1, -0.05) is 0 Å². The van der Waals surface area contributed by atoms with Crippen LogP contribution in [0.25, 0.3) is 0 Å². The molecule has 3 rings (SSSR count). The zero-order valence-electron chi connectivity index (χ0n) is 19.3. The van der Waals surface area contributed by atoms with Gasteiger partial charge in [-0.2, -0.15) is 0 Å². The Balaban J connectivity index is 1.70. The van der Waals surface area contributed by atoms with Gasteiger partial charge in [-0.15, -0.1) is 0 Å². The van der Waals surface area contributed by atoms with Crippen molar-refractivity contribution in [2.45, 2.75) is 39.7 Å². The molecule has 1 N–H and O–H groups in total. The number of piperidine rings is 1. The fourth-order valence-electron chi connectivity index (χ4n) is 3.52. The Morgan fingerprint density at radius 3 is 2.19 bits per heavy atom. The molecule has 1 aliphatic heterocycles. The van der Waals surface area contributed by atoms with Crippen molar-refractivity contribution >= 4 is 11.6 Å². The number of anilines is 1. The van der Waals surface area contributed by atoms with E-state index >= 15 is 0 Å². The predicted octanol–water partition coefficient (Wildman–Crippen LogP) is 4.00. The number of likely N-dealkylation sites (tertiary alicyclic amines) is 1. The van der Waals surface area contributed by atoms with Gasteiger partial charge in [0.1, 0.15) is 6.10 Å². The highest BCUT2D eigenvalue weighted by Gasteiger charge is 2.20. The molecule has 1 saturated heterocycles. The summed E-state index contributed by atoms with van der Waals surface area (Å²) in [5.74, 6) is 1.73. The first-order chi connectivity index (χ1) is 15.5. The molecule has 0 bridgehead atoms. The van der Waals surface area contributed by atoms with Gasteiger partial charge in [-0.05, 0) is 58.9 Å². The molecule has 0 aliphatic carbocycles. The van der Waals surface area contributed by atoms with E-state index in [1.807, 2.05) is 20.8 Å². The molecule has 8 nitrogen and oxygen atoms in total. The summed E-state index contributed by atoms with van der Waals surface area (Å²) in [6.07, 6.45) is 3.75. The molecule has 2 heterocycles. The van der Waals surface area contributed by atoms with Crippen LogP contribution < -0.4 is 24.3 Å². The Labute approximate surface area is 189 Å². The van der Waals surface area contributed by atoms with E-state index < -0.39 is 0 Å². The fourth-order valence-corrected chi connectivity index (χ4v) is 3.52. The minimum absolute atomic E-state index is 0.178. The lowest BCUT2D eigenvalue weighted by Gasteiger charge is -2.28. The molecule has 1 aliphatic rings. The Kier molecular flexibility index (Phi) is 8.56. The zero-order valence-corrected chi connectivity index (χ0v) is 19.3. The van der Waals surface area contributed by atoms with Gasteiger partial charge in [-0.3, -0.25) is 4.79 Å². The van der Waals surface area contributed by atoms with Gasteiger partial charge in [0.05, 0.1) is 31.7 Å². The second kappa shape index (κ2) is 11.6. The number of aromatic nitrogens is 1. The molecule has 0 saturated carbocycles. The Morgan fingerprint density at radius 1 is 1.03 bits per heavy atom. The number of carbonyl (C=O) groups is 1. The van der Waals surface area contributed by atoms with Crippen LogP contribution in [0.3, 0.4) is 0 Å². The van der Waals surface area contributed by atoms with E-state index in [9.17, 15) is 4.79 Å². The standard InChI is InChI=1S/C24H33N3O5/c1-5-29-20-14-17(15-21(30-6-2)23(20)31-7-3)24(28)26-18-8-9-22(25-16-18)32-19-10-12-27(4)13-11-19/h8-9,14-16,19H,5-7,10-13H2,1-4H3,(H,26,28). The average molecular weight is 444 g/mol. The van der Waals surface area contributed by atoms with E-state index in [0.717, 1.165) is 25.9 Å². The summed E-state index contributed by atoms with van der Waals surface area (Å²) in [7, 11) is 2.12. The number of rotatable bonds is 10. The van der Waals surface area contributed by atoms with E-state index in [2.05, 4.69) is 22.2 Å². The number of hydrogen-bond donors (Lipinski definition) is 1. The molecule has 1 aromatic heterocycles. The third-order valence-electron chi connectivity index (χ3n) is 5.12. The maximum atomic E-state index is 12.9. The predicted molar refractivity (Wildman–Crippen MR) is 123 cm³/mol. The van der Waals surface area contributed by atoms with Crippen LogP contribution in [0.5, 0.6) is 23.1 Å². The largest absolute Gasteiger partial charge is 0.490 e. The maximum absolute atomic E-state index is 12.9. The highest BCUT2D eigenvalue weighted by molar-refractivity contribution is 6.05. The normalized spacial score (nSPS) is 14.6. The van der Waals surface area contributed by atoms with Gasteiger partial charge < -0.3 is 29.2 Å². The number of nitrogens with one attached hydrogen (secondary N) is 1. The van der Waals surface area contributed by atoms with Gasteiger partial charge in [-0.25, -0.2) is 4.98 Å². The molecule has 0 spiro atoms. The van der Waals surface area contributed by atoms with Gasteiger partial charge >= 0.3 is 0 Å². The van der Waals surface area contributed by atoms with Crippen molar-refractivity contribution in [3.63, 3.8) is 0 Å². The second-order valence-corrected chi connectivity index (χ2v) is 7.56. The SMILES string of the molecule is CCOc1cc(C(=O)Nc2ccc(OC3CCN(C)CC3)nc2)cc(OCC)c1OCC. The second-order valence-electron chi connectivity index (χ2n) is 7.56. The molecule has 0 atom stereocenters. The Morgan fingerprint density at radius 2 is 1.66 bits per heavy atom. The van der Waals surface area contributed by atoms with Crippen LogP contribution in [-0.4, -0.2) is 61.9 Å². The minimum atomic E-state index is -0.291. The highest BCUT2D eigenvalue weighted by atomic mass is 16.5. The van der Waals surface area contributed by atoms with Crippen LogP contribution in [0.4, 0.5) is 5.69 Å². The van der Waals surface area contributed by atoms with Crippen LogP contribution >= 0.6 is 0 Å². The lowest BCUT2D eigenvalue weighted by molar-refractivity contribution is 0.102.